The van der Waals surface area contributed by atoms with Crippen LogP contribution in [0.5, 0.6) is 17.2 Å². The first-order valence-electron chi connectivity index (χ1n) is 5.91. The highest BCUT2D eigenvalue weighted by atomic mass is 79.9. The summed E-state index contributed by atoms with van der Waals surface area (Å²) in [5.41, 5.74) is 7.21. The zero-order chi connectivity index (χ0) is 14.7. The number of thiophene rings is 1. The lowest BCUT2D eigenvalue weighted by Crippen LogP contribution is -2.13. The van der Waals surface area contributed by atoms with Crippen LogP contribution >= 0.6 is 27.3 Å². The van der Waals surface area contributed by atoms with Crippen molar-refractivity contribution in [1.82, 2.24) is 0 Å². The molecular weight excluding hydrogens is 342 g/mol. The first-order chi connectivity index (χ1) is 9.63. The summed E-state index contributed by atoms with van der Waals surface area (Å²) in [5, 5.41) is 1.99. The quantitative estimate of drug-likeness (QED) is 0.888. The van der Waals surface area contributed by atoms with Gasteiger partial charge in [0.25, 0.3) is 0 Å². The number of nitrogens with two attached hydrogens (primary N) is 1. The summed E-state index contributed by atoms with van der Waals surface area (Å²) in [6.45, 7) is 0. The van der Waals surface area contributed by atoms with E-state index in [0.29, 0.717) is 17.2 Å². The summed E-state index contributed by atoms with van der Waals surface area (Å²) in [4.78, 5) is 1.04. The molecule has 1 aromatic carbocycles. The molecule has 6 heteroatoms. The summed E-state index contributed by atoms with van der Waals surface area (Å²) in [6, 6.07) is 5.42. The lowest BCUT2D eigenvalue weighted by atomic mass is 10.0. The summed E-state index contributed by atoms with van der Waals surface area (Å²) in [5.74, 6) is 1.76. The van der Waals surface area contributed by atoms with E-state index in [4.69, 9.17) is 19.9 Å². The van der Waals surface area contributed by atoms with Crippen LogP contribution in [0, 0.1) is 0 Å². The SMILES string of the molecule is COc1ccc(C(N)c2sccc2Br)c(OC)c1OC. The largest absolute Gasteiger partial charge is 0.493 e. The Bertz CT molecular complexity index is 600. The van der Waals surface area contributed by atoms with E-state index in [2.05, 4.69) is 15.9 Å². The molecule has 1 unspecified atom stereocenters. The normalized spacial score (nSPS) is 12.1. The van der Waals surface area contributed by atoms with Crippen molar-refractivity contribution in [2.75, 3.05) is 21.3 Å². The highest BCUT2D eigenvalue weighted by Gasteiger charge is 2.22. The van der Waals surface area contributed by atoms with Gasteiger partial charge < -0.3 is 19.9 Å². The Morgan fingerprint density at radius 3 is 2.25 bits per heavy atom. The predicted molar refractivity (Wildman–Crippen MR) is 84.1 cm³/mol. The molecule has 0 fully saturated rings. The van der Waals surface area contributed by atoms with Gasteiger partial charge in [0.05, 0.1) is 27.4 Å². The van der Waals surface area contributed by atoms with E-state index in [-0.39, 0.29) is 6.04 Å². The molecule has 0 spiro atoms. The zero-order valence-corrected chi connectivity index (χ0v) is 13.9. The van der Waals surface area contributed by atoms with Crippen LogP contribution in [0.25, 0.3) is 0 Å². The van der Waals surface area contributed by atoms with Crippen molar-refractivity contribution in [1.29, 1.82) is 0 Å². The van der Waals surface area contributed by atoms with E-state index >= 15 is 0 Å². The number of ether oxygens (including phenoxy) is 3. The molecular formula is C14H16BrNO3S. The van der Waals surface area contributed by atoms with Gasteiger partial charge in [-0.05, 0) is 39.5 Å². The molecule has 4 nitrogen and oxygen atoms in total. The Balaban J connectivity index is 2.54. The van der Waals surface area contributed by atoms with Crippen molar-refractivity contribution in [3.8, 4) is 17.2 Å². The van der Waals surface area contributed by atoms with Crippen molar-refractivity contribution < 1.29 is 14.2 Å². The smallest absolute Gasteiger partial charge is 0.203 e. The molecule has 0 radical (unpaired) electrons. The van der Waals surface area contributed by atoms with Gasteiger partial charge in [-0.1, -0.05) is 0 Å². The number of halogens is 1. The van der Waals surface area contributed by atoms with E-state index < -0.39 is 0 Å². The number of methoxy groups -OCH3 is 3. The van der Waals surface area contributed by atoms with Gasteiger partial charge in [0, 0.05) is 14.9 Å². The molecule has 2 rings (SSSR count). The first-order valence-corrected chi connectivity index (χ1v) is 7.58. The monoisotopic (exact) mass is 357 g/mol. The van der Waals surface area contributed by atoms with Crippen LogP contribution in [-0.4, -0.2) is 21.3 Å². The number of benzene rings is 1. The maximum absolute atomic E-state index is 6.36. The van der Waals surface area contributed by atoms with Crippen LogP contribution in [0.1, 0.15) is 16.5 Å². The Labute approximate surface area is 130 Å². The van der Waals surface area contributed by atoms with Crippen LogP contribution in [0.4, 0.5) is 0 Å². The maximum atomic E-state index is 6.36. The van der Waals surface area contributed by atoms with Crippen molar-refractivity contribution in [3.05, 3.63) is 38.5 Å². The van der Waals surface area contributed by atoms with Gasteiger partial charge >= 0.3 is 0 Å². The molecule has 0 saturated heterocycles. The van der Waals surface area contributed by atoms with Crippen LogP contribution in [0.15, 0.2) is 28.1 Å². The van der Waals surface area contributed by atoms with Gasteiger partial charge in [0.2, 0.25) is 5.75 Å². The third-order valence-electron chi connectivity index (χ3n) is 3.00. The molecule has 1 heterocycles. The minimum absolute atomic E-state index is 0.292. The molecule has 0 aliphatic rings. The lowest BCUT2D eigenvalue weighted by molar-refractivity contribution is 0.321. The molecule has 0 saturated carbocycles. The van der Waals surface area contributed by atoms with Crippen molar-refractivity contribution >= 4 is 27.3 Å². The van der Waals surface area contributed by atoms with Gasteiger partial charge in [0.15, 0.2) is 11.5 Å². The van der Waals surface area contributed by atoms with E-state index in [9.17, 15) is 0 Å². The lowest BCUT2D eigenvalue weighted by Gasteiger charge is -2.19. The number of rotatable bonds is 5. The van der Waals surface area contributed by atoms with Crippen LogP contribution in [0.3, 0.4) is 0 Å². The minimum atomic E-state index is -0.292. The van der Waals surface area contributed by atoms with Gasteiger partial charge in [-0.25, -0.2) is 0 Å². The summed E-state index contributed by atoms with van der Waals surface area (Å²) >= 11 is 5.10. The fourth-order valence-corrected chi connectivity index (χ4v) is 3.68. The highest BCUT2D eigenvalue weighted by Crippen LogP contribution is 2.44. The average molecular weight is 358 g/mol. The molecule has 0 aliphatic heterocycles. The zero-order valence-electron chi connectivity index (χ0n) is 11.5. The summed E-state index contributed by atoms with van der Waals surface area (Å²) in [7, 11) is 4.76. The van der Waals surface area contributed by atoms with E-state index in [1.54, 1.807) is 32.7 Å². The predicted octanol–water partition coefficient (Wildman–Crippen LogP) is 3.58. The molecule has 20 heavy (non-hydrogen) atoms. The molecule has 0 bridgehead atoms. The molecule has 0 aliphatic carbocycles. The van der Waals surface area contributed by atoms with Crippen molar-refractivity contribution in [2.24, 2.45) is 5.73 Å². The van der Waals surface area contributed by atoms with E-state index in [1.165, 1.54) is 0 Å². The fraction of sp³-hybridized carbons (Fsp3) is 0.286. The summed E-state index contributed by atoms with van der Waals surface area (Å²) < 4.78 is 17.1. The van der Waals surface area contributed by atoms with Gasteiger partial charge in [0.1, 0.15) is 0 Å². The number of hydrogen-bond acceptors (Lipinski definition) is 5. The maximum Gasteiger partial charge on any atom is 0.203 e. The third-order valence-corrected chi connectivity index (χ3v) is 4.95. The second-order valence-corrected chi connectivity index (χ2v) is 5.84. The highest BCUT2D eigenvalue weighted by molar-refractivity contribution is 9.10. The number of hydrogen-bond donors (Lipinski definition) is 1. The van der Waals surface area contributed by atoms with Crippen molar-refractivity contribution in [3.63, 3.8) is 0 Å². The molecule has 2 aromatic rings. The Morgan fingerprint density at radius 1 is 1.05 bits per heavy atom. The van der Waals surface area contributed by atoms with E-state index in [0.717, 1.165) is 14.9 Å². The molecule has 108 valence electrons. The van der Waals surface area contributed by atoms with Gasteiger partial charge in [-0.2, -0.15) is 0 Å². The molecule has 2 N–H and O–H groups in total. The average Bonchev–Trinajstić information content (AvgIpc) is 2.90. The Morgan fingerprint density at radius 2 is 1.75 bits per heavy atom. The fourth-order valence-electron chi connectivity index (χ4n) is 2.04. The van der Waals surface area contributed by atoms with Crippen LogP contribution < -0.4 is 19.9 Å². The van der Waals surface area contributed by atoms with Crippen LogP contribution in [-0.2, 0) is 0 Å². The van der Waals surface area contributed by atoms with Crippen LogP contribution in [0.2, 0.25) is 0 Å². The summed E-state index contributed by atoms with van der Waals surface area (Å²) in [6.07, 6.45) is 0. The van der Waals surface area contributed by atoms with E-state index in [1.807, 2.05) is 23.6 Å². The second kappa shape index (κ2) is 6.47. The van der Waals surface area contributed by atoms with Gasteiger partial charge in [-0.15, -0.1) is 11.3 Å². The standard InChI is InChI=1S/C14H16BrNO3S/c1-17-10-5-4-8(12(18-2)13(10)19-3)11(16)14-9(15)6-7-20-14/h4-7,11H,16H2,1-3H3. The molecule has 0 amide bonds. The Kier molecular flexibility index (Phi) is 4.91. The topological polar surface area (TPSA) is 53.7 Å². The second-order valence-electron chi connectivity index (χ2n) is 4.03. The molecule has 1 aromatic heterocycles. The van der Waals surface area contributed by atoms with Gasteiger partial charge in [-0.3, -0.25) is 0 Å². The molecule has 1 atom stereocenters. The Hall–Kier alpha value is -1.24. The third kappa shape index (κ3) is 2.63. The first kappa shape index (κ1) is 15.2. The van der Waals surface area contributed by atoms with Crippen molar-refractivity contribution in [2.45, 2.75) is 6.04 Å². The minimum Gasteiger partial charge on any atom is -0.493 e.